The highest BCUT2D eigenvalue weighted by Crippen LogP contribution is 2.33. The molecular formula is C24H28N4OS2. The maximum atomic E-state index is 13.0. The zero-order valence-corrected chi connectivity index (χ0v) is 19.9. The first-order valence-electron chi connectivity index (χ1n) is 10.5. The molecule has 0 saturated carbocycles. The van der Waals surface area contributed by atoms with Gasteiger partial charge in [-0.15, -0.1) is 0 Å². The van der Waals surface area contributed by atoms with Gasteiger partial charge in [0.2, 0.25) is 0 Å². The predicted octanol–water partition coefficient (Wildman–Crippen LogP) is 4.04. The first-order chi connectivity index (χ1) is 14.9. The monoisotopic (exact) mass is 452 g/mol. The summed E-state index contributed by atoms with van der Waals surface area (Å²) in [6.45, 7) is 6.41. The molecule has 162 valence electrons. The topological polar surface area (TPSA) is 30.0 Å². The molecule has 7 heteroatoms. The third kappa shape index (κ3) is 5.11. The van der Waals surface area contributed by atoms with Crippen molar-refractivity contribution < 1.29 is 4.79 Å². The first kappa shape index (κ1) is 21.9. The van der Waals surface area contributed by atoms with Gasteiger partial charge in [0.15, 0.2) is 0 Å². The average Bonchev–Trinajstić information content (AvgIpc) is 3.02. The van der Waals surface area contributed by atoms with E-state index in [2.05, 4.69) is 58.0 Å². The largest absolute Gasteiger partial charge is 0.378 e. The van der Waals surface area contributed by atoms with Crippen molar-refractivity contribution in [2.45, 2.75) is 6.92 Å². The third-order valence-corrected chi connectivity index (χ3v) is 7.04. The molecule has 0 spiro atoms. The molecule has 0 N–H and O–H groups in total. The van der Waals surface area contributed by atoms with E-state index in [9.17, 15) is 4.79 Å². The minimum atomic E-state index is 0.00722. The predicted molar refractivity (Wildman–Crippen MR) is 136 cm³/mol. The lowest BCUT2D eigenvalue weighted by atomic mass is 10.2. The molecule has 2 aromatic rings. The van der Waals surface area contributed by atoms with Crippen molar-refractivity contribution in [2.75, 3.05) is 56.7 Å². The molecule has 31 heavy (non-hydrogen) atoms. The van der Waals surface area contributed by atoms with Crippen LogP contribution in [0.1, 0.15) is 11.1 Å². The summed E-state index contributed by atoms with van der Waals surface area (Å²) in [6.07, 6.45) is 1.94. The van der Waals surface area contributed by atoms with Crippen LogP contribution < -0.4 is 9.80 Å². The van der Waals surface area contributed by atoms with E-state index in [-0.39, 0.29) is 5.91 Å². The van der Waals surface area contributed by atoms with Gasteiger partial charge in [-0.1, -0.05) is 48.2 Å². The molecule has 0 aliphatic carbocycles. The number of thiocarbonyl (C=S) groups is 1. The van der Waals surface area contributed by atoms with Crippen LogP contribution in [0.5, 0.6) is 0 Å². The van der Waals surface area contributed by atoms with Crippen molar-refractivity contribution in [3.05, 3.63) is 64.6 Å². The normalized spacial score (nSPS) is 18.9. The van der Waals surface area contributed by atoms with Gasteiger partial charge in [0, 0.05) is 51.6 Å². The molecule has 2 heterocycles. The Balaban J connectivity index is 1.36. The van der Waals surface area contributed by atoms with Gasteiger partial charge in [0.05, 0.1) is 11.6 Å². The second-order valence-electron chi connectivity index (χ2n) is 8.18. The van der Waals surface area contributed by atoms with Crippen LogP contribution in [0.2, 0.25) is 0 Å². The van der Waals surface area contributed by atoms with Crippen molar-refractivity contribution in [3.63, 3.8) is 0 Å². The Morgan fingerprint density at radius 3 is 2.42 bits per heavy atom. The van der Waals surface area contributed by atoms with E-state index in [0.717, 1.165) is 37.4 Å². The number of nitrogens with zero attached hydrogens (tertiary/aromatic N) is 4. The second kappa shape index (κ2) is 9.42. The number of hydrogen-bond acceptors (Lipinski definition) is 6. The lowest BCUT2D eigenvalue weighted by Crippen LogP contribution is -2.50. The zero-order chi connectivity index (χ0) is 22.0. The standard InChI is InChI=1S/C24H28N4OS2/c1-18-5-4-6-21(15-18)27-13-11-26(12-14-27)17-28-23(29)22(31-24(28)30)16-19-7-9-20(10-8-19)25(2)3/h4-10,15-16H,11-14,17H2,1-3H3/b22-16-. The highest BCUT2D eigenvalue weighted by atomic mass is 32.2. The molecule has 2 fully saturated rings. The Morgan fingerprint density at radius 2 is 1.77 bits per heavy atom. The summed E-state index contributed by atoms with van der Waals surface area (Å²) in [5.74, 6) is 0.00722. The summed E-state index contributed by atoms with van der Waals surface area (Å²) < 4.78 is 0.641. The van der Waals surface area contributed by atoms with Crippen LogP contribution in [-0.2, 0) is 4.79 Å². The van der Waals surface area contributed by atoms with Gasteiger partial charge in [-0.25, -0.2) is 0 Å². The number of carbonyl (C=O) groups excluding carboxylic acids is 1. The average molecular weight is 453 g/mol. The molecular weight excluding hydrogens is 424 g/mol. The van der Waals surface area contributed by atoms with E-state index in [1.54, 1.807) is 4.90 Å². The van der Waals surface area contributed by atoms with Crippen LogP contribution in [0.4, 0.5) is 11.4 Å². The van der Waals surface area contributed by atoms with Crippen molar-refractivity contribution >= 4 is 51.7 Å². The minimum Gasteiger partial charge on any atom is -0.378 e. The molecule has 0 aromatic heterocycles. The molecule has 0 unspecified atom stereocenters. The zero-order valence-electron chi connectivity index (χ0n) is 18.2. The molecule has 2 saturated heterocycles. The molecule has 0 atom stereocenters. The van der Waals surface area contributed by atoms with Crippen molar-refractivity contribution in [2.24, 2.45) is 0 Å². The number of amides is 1. The van der Waals surface area contributed by atoms with Crippen LogP contribution in [0.25, 0.3) is 6.08 Å². The van der Waals surface area contributed by atoms with Crippen molar-refractivity contribution in [1.82, 2.24) is 9.80 Å². The van der Waals surface area contributed by atoms with Crippen LogP contribution in [0.15, 0.2) is 53.4 Å². The van der Waals surface area contributed by atoms with Crippen molar-refractivity contribution in [3.8, 4) is 0 Å². The van der Waals surface area contributed by atoms with Gasteiger partial charge in [0.1, 0.15) is 4.32 Å². The maximum Gasteiger partial charge on any atom is 0.267 e. The summed E-state index contributed by atoms with van der Waals surface area (Å²) in [5.41, 5.74) is 4.70. The lowest BCUT2D eigenvalue weighted by molar-refractivity contribution is -0.123. The SMILES string of the molecule is Cc1cccc(N2CCN(CN3C(=O)/C(=C/c4ccc(N(C)C)cc4)SC3=S)CC2)c1. The highest BCUT2D eigenvalue weighted by molar-refractivity contribution is 8.26. The number of rotatable bonds is 5. The Labute approximate surface area is 194 Å². The molecule has 2 aliphatic heterocycles. The van der Waals surface area contributed by atoms with Gasteiger partial charge in [-0.2, -0.15) is 0 Å². The summed E-state index contributed by atoms with van der Waals surface area (Å²) in [4.78, 5) is 22.2. The Morgan fingerprint density at radius 1 is 1.06 bits per heavy atom. The molecule has 2 aromatic carbocycles. The van der Waals surface area contributed by atoms with Gasteiger partial charge in [0.25, 0.3) is 5.91 Å². The van der Waals surface area contributed by atoms with Crippen LogP contribution in [0.3, 0.4) is 0 Å². The quantitative estimate of drug-likeness (QED) is 0.503. The number of benzene rings is 2. The van der Waals surface area contributed by atoms with E-state index in [1.807, 2.05) is 32.3 Å². The van der Waals surface area contributed by atoms with Crippen LogP contribution in [-0.4, -0.2) is 67.0 Å². The molecule has 2 aliphatic rings. The van der Waals surface area contributed by atoms with Gasteiger partial charge in [-0.05, 0) is 48.4 Å². The van der Waals surface area contributed by atoms with Crippen LogP contribution >= 0.6 is 24.0 Å². The first-order valence-corrected chi connectivity index (χ1v) is 11.7. The van der Waals surface area contributed by atoms with E-state index >= 15 is 0 Å². The fourth-order valence-corrected chi connectivity index (χ4v) is 5.06. The number of anilines is 2. The summed E-state index contributed by atoms with van der Waals surface area (Å²) in [6, 6.07) is 16.8. The smallest absolute Gasteiger partial charge is 0.267 e. The molecule has 0 bridgehead atoms. The van der Waals surface area contributed by atoms with Gasteiger partial charge in [-0.3, -0.25) is 14.6 Å². The summed E-state index contributed by atoms with van der Waals surface area (Å²) in [7, 11) is 4.03. The summed E-state index contributed by atoms with van der Waals surface area (Å²) in [5, 5.41) is 0. The van der Waals surface area contributed by atoms with Gasteiger partial charge >= 0.3 is 0 Å². The fraction of sp³-hybridized carbons (Fsp3) is 0.333. The molecule has 1 amide bonds. The van der Waals surface area contributed by atoms with E-state index in [1.165, 1.54) is 23.0 Å². The second-order valence-corrected chi connectivity index (χ2v) is 9.86. The van der Waals surface area contributed by atoms with Crippen LogP contribution in [0, 0.1) is 6.92 Å². The highest BCUT2D eigenvalue weighted by Gasteiger charge is 2.33. The minimum absolute atomic E-state index is 0.00722. The van der Waals surface area contributed by atoms with Crippen molar-refractivity contribution in [1.29, 1.82) is 0 Å². The van der Waals surface area contributed by atoms with E-state index in [4.69, 9.17) is 12.2 Å². The van der Waals surface area contributed by atoms with E-state index in [0.29, 0.717) is 15.9 Å². The Kier molecular flexibility index (Phi) is 6.65. The number of carbonyl (C=O) groups is 1. The van der Waals surface area contributed by atoms with Gasteiger partial charge < -0.3 is 9.80 Å². The lowest BCUT2D eigenvalue weighted by Gasteiger charge is -2.37. The molecule has 4 rings (SSSR count). The Bertz CT molecular complexity index is 995. The number of hydrogen-bond donors (Lipinski definition) is 0. The Hall–Kier alpha value is -2.35. The number of thioether (sulfide) groups is 1. The number of piperazine rings is 1. The van der Waals surface area contributed by atoms with E-state index < -0.39 is 0 Å². The molecule has 5 nitrogen and oxygen atoms in total. The fourth-order valence-electron chi connectivity index (χ4n) is 3.81. The number of aryl methyl sites for hydroxylation is 1. The maximum absolute atomic E-state index is 13.0. The third-order valence-electron chi connectivity index (χ3n) is 5.66. The molecule has 0 radical (unpaired) electrons. The summed E-state index contributed by atoms with van der Waals surface area (Å²) >= 11 is 6.93.